The van der Waals surface area contributed by atoms with Gasteiger partial charge in [0.05, 0.1) is 25.6 Å². The largest absolute Gasteiger partial charge is 0.480 e. The highest BCUT2D eigenvalue weighted by Crippen LogP contribution is 2.14. The quantitative estimate of drug-likeness (QED) is 0.0573. The number of primary amides is 1. The predicted molar refractivity (Wildman–Crippen MR) is 193 cm³/mol. The maximum Gasteiger partial charge on any atom is 0.328 e. The molecule has 296 valence electrons. The number of carbonyl (C=O) groups excluding carboxylic acids is 7. The second-order valence-corrected chi connectivity index (χ2v) is 13.4. The third kappa shape index (κ3) is 15.6. The van der Waals surface area contributed by atoms with Crippen LogP contribution in [0.2, 0.25) is 0 Å². The molecule has 0 saturated carbocycles. The summed E-state index contributed by atoms with van der Waals surface area (Å²) in [5.74, 6) is -8.16. The first-order valence-corrected chi connectivity index (χ1v) is 17.6. The summed E-state index contributed by atoms with van der Waals surface area (Å²) < 4.78 is 0. The second-order valence-electron chi connectivity index (χ2n) is 13.4. The number of amides is 7. The molecule has 0 aromatic heterocycles. The fourth-order valence-corrected chi connectivity index (χ4v) is 5.03. The highest BCUT2D eigenvalue weighted by atomic mass is 16.4. The molecular weight excluding hydrogens is 692 g/mol. The predicted octanol–water partition coefficient (Wildman–Crippen LogP) is -2.20. The summed E-state index contributed by atoms with van der Waals surface area (Å²) in [7, 11) is 0. The molecule has 0 saturated heterocycles. The molecule has 1 rings (SSSR count). The Morgan fingerprint density at radius 2 is 1.17 bits per heavy atom. The minimum atomic E-state index is -1.59. The van der Waals surface area contributed by atoms with Gasteiger partial charge in [-0.3, -0.25) is 33.6 Å². The molecule has 12 N–H and O–H groups in total. The van der Waals surface area contributed by atoms with Gasteiger partial charge in [-0.05, 0) is 23.3 Å². The van der Waals surface area contributed by atoms with E-state index in [1.54, 1.807) is 71.9 Å². The summed E-state index contributed by atoms with van der Waals surface area (Å²) in [4.78, 5) is 102. The molecule has 1 aromatic carbocycles. The third-order valence-corrected chi connectivity index (χ3v) is 8.75. The van der Waals surface area contributed by atoms with Gasteiger partial charge in [-0.15, -0.1) is 0 Å². The summed E-state index contributed by atoms with van der Waals surface area (Å²) in [6, 6.07) is 1.12. The van der Waals surface area contributed by atoms with E-state index in [0.29, 0.717) is 18.4 Å². The molecule has 0 spiro atoms. The van der Waals surface area contributed by atoms with Crippen molar-refractivity contribution in [2.45, 2.75) is 103 Å². The first kappa shape index (κ1) is 45.9. The zero-order valence-corrected chi connectivity index (χ0v) is 31.1. The molecule has 0 bridgehead atoms. The highest BCUT2D eigenvalue weighted by Gasteiger charge is 2.35. The van der Waals surface area contributed by atoms with Crippen molar-refractivity contribution in [1.29, 1.82) is 0 Å². The lowest BCUT2D eigenvalue weighted by Gasteiger charge is -2.30. The Hall–Kier alpha value is -5.10. The van der Waals surface area contributed by atoms with Crippen molar-refractivity contribution in [3.05, 3.63) is 35.9 Å². The van der Waals surface area contributed by atoms with E-state index in [1.165, 1.54) is 0 Å². The fraction of sp³-hybridized carbons (Fsp3) is 0.600. The maximum atomic E-state index is 13.8. The van der Waals surface area contributed by atoms with Crippen LogP contribution < -0.4 is 43.4 Å². The van der Waals surface area contributed by atoms with Crippen molar-refractivity contribution in [3.8, 4) is 0 Å². The lowest BCUT2D eigenvalue weighted by Crippen LogP contribution is -2.61. The van der Waals surface area contributed by atoms with Crippen LogP contribution in [0.5, 0.6) is 0 Å². The van der Waals surface area contributed by atoms with Gasteiger partial charge in [0, 0.05) is 6.42 Å². The monoisotopic (exact) mass is 748 g/mol. The molecule has 18 heteroatoms. The van der Waals surface area contributed by atoms with E-state index in [2.05, 4.69) is 31.9 Å². The Kier molecular flexibility index (Phi) is 19.7. The molecule has 7 amide bonds. The van der Waals surface area contributed by atoms with E-state index in [0.717, 1.165) is 0 Å². The molecule has 0 aliphatic heterocycles. The van der Waals surface area contributed by atoms with E-state index in [9.17, 15) is 43.5 Å². The number of hydrogen-bond donors (Lipinski definition) is 10. The number of nitrogens with two attached hydrogens (primary N) is 2. The number of carboxylic acids is 1. The number of nitrogens with one attached hydrogen (secondary N) is 6. The fourth-order valence-electron chi connectivity index (χ4n) is 5.03. The molecule has 1 aromatic rings. The normalized spacial score (nSPS) is 15.6. The lowest BCUT2D eigenvalue weighted by atomic mass is 9.94. The number of aliphatic hydroxyl groups is 1. The number of aliphatic hydroxyl groups excluding tert-OH is 1. The summed E-state index contributed by atoms with van der Waals surface area (Å²) >= 11 is 0. The van der Waals surface area contributed by atoms with Crippen molar-refractivity contribution in [2.24, 2.45) is 29.2 Å². The van der Waals surface area contributed by atoms with Crippen LogP contribution in [-0.4, -0.2) is 107 Å². The molecule has 8 atom stereocenters. The van der Waals surface area contributed by atoms with Crippen LogP contribution in [0.15, 0.2) is 30.3 Å². The van der Waals surface area contributed by atoms with Gasteiger partial charge in [-0.1, -0.05) is 84.7 Å². The van der Waals surface area contributed by atoms with Crippen LogP contribution in [0.4, 0.5) is 0 Å². The highest BCUT2D eigenvalue weighted by molar-refractivity contribution is 5.97. The van der Waals surface area contributed by atoms with Gasteiger partial charge < -0.3 is 53.6 Å². The average molecular weight is 749 g/mol. The van der Waals surface area contributed by atoms with Crippen LogP contribution in [0.25, 0.3) is 0 Å². The summed E-state index contributed by atoms with van der Waals surface area (Å²) in [5.41, 5.74) is 11.6. The van der Waals surface area contributed by atoms with E-state index < -0.39 is 121 Å². The number of aliphatic carboxylic acids is 1. The Morgan fingerprint density at radius 3 is 1.64 bits per heavy atom. The number of carboxylic acid groups (broad SMARTS) is 1. The van der Waals surface area contributed by atoms with Gasteiger partial charge >= 0.3 is 5.97 Å². The second kappa shape index (κ2) is 22.8. The van der Waals surface area contributed by atoms with E-state index >= 15 is 0 Å². The first-order valence-electron chi connectivity index (χ1n) is 17.6. The van der Waals surface area contributed by atoms with Crippen LogP contribution in [0.1, 0.15) is 66.4 Å². The number of hydrogen-bond acceptors (Lipinski definition) is 10. The van der Waals surface area contributed by atoms with E-state index in [-0.39, 0.29) is 6.42 Å². The molecule has 0 fully saturated rings. The van der Waals surface area contributed by atoms with E-state index in [1.807, 2.05) is 0 Å². The molecule has 18 nitrogen and oxygen atoms in total. The minimum absolute atomic E-state index is 0.000725. The van der Waals surface area contributed by atoms with Crippen LogP contribution in [0.3, 0.4) is 0 Å². The average Bonchev–Trinajstić information content (AvgIpc) is 3.11. The molecule has 53 heavy (non-hydrogen) atoms. The smallest absolute Gasteiger partial charge is 0.328 e. The van der Waals surface area contributed by atoms with Crippen molar-refractivity contribution >= 4 is 47.3 Å². The van der Waals surface area contributed by atoms with Gasteiger partial charge in [0.15, 0.2) is 0 Å². The van der Waals surface area contributed by atoms with Gasteiger partial charge in [-0.2, -0.15) is 0 Å². The van der Waals surface area contributed by atoms with E-state index in [4.69, 9.17) is 16.6 Å². The summed E-state index contributed by atoms with van der Waals surface area (Å²) in [6.07, 6.45) is 0.467. The van der Waals surface area contributed by atoms with Crippen molar-refractivity contribution in [2.75, 3.05) is 13.2 Å². The molecule has 0 heterocycles. The van der Waals surface area contributed by atoms with Crippen molar-refractivity contribution in [1.82, 2.24) is 31.9 Å². The Labute approximate surface area is 309 Å². The van der Waals surface area contributed by atoms with Gasteiger partial charge in [-0.25, -0.2) is 4.79 Å². The topological polar surface area (TPSA) is 301 Å². The maximum absolute atomic E-state index is 13.8. The standard InChI is InChI=1S/C35H56N8O10/c1-7-19(5)28(43-34(51)29(20(6)8-2)42-30(47)22(36)15-25(37)45)33(50)39-23(14-21-12-10-9-11-13-21)31(48)38-16-26(46)41-27(18(3)4)32(49)40-24(17-44)35(52)53/h9-13,18-20,22-24,27-29,44H,7-8,14-17,36H2,1-6H3,(H2,37,45)(H,38,48)(H,39,50)(H,40,49)(H,41,46)(H,42,47)(H,43,51)(H,52,53)/t19?,20?,22-,23-,24-,27-,28-,29-/m0/s1. The molecule has 0 aliphatic carbocycles. The Bertz CT molecular complexity index is 1430. The van der Waals surface area contributed by atoms with Crippen LogP contribution >= 0.6 is 0 Å². The zero-order valence-electron chi connectivity index (χ0n) is 31.1. The van der Waals surface area contributed by atoms with Crippen LogP contribution in [-0.2, 0) is 44.8 Å². The van der Waals surface area contributed by atoms with Crippen molar-refractivity contribution < 1.29 is 48.6 Å². The number of rotatable bonds is 23. The summed E-state index contributed by atoms with van der Waals surface area (Å²) in [5, 5.41) is 33.4. The zero-order chi connectivity index (χ0) is 40.4. The van der Waals surface area contributed by atoms with Gasteiger partial charge in [0.25, 0.3) is 0 Å². The lowest BCUT2D eigenvalue weighted by molar-refractivity contribution is -0.143. The number of carbonyl (C=O) groups is 8. The molecule has 0 aliphatic rings. The Balaban J connectivity index is 3.22. The molecular formula is C35H56N8O10. The SMILES string of the molecule is CCC(C)[C@H](NC(=O)[C@@H](NC(=O)[C@@H](N)CC(N)=O)C(C)CC)C(=O)N[C@@H](Cc1ccccc1)C(=O)NCC(=O)N[C@H](C(=O)N[C@@H](CO)C(=O)O)C(C)C. The first-order chi connectivity index (χ1) is 24.9. The van der Waals surface area contributed by atoms with Gasteiger partial charge in [0.2, 0.25) is 41.4 Å². The minimum Gasteiger partial charge on any atom is -0.480 e. The molecule has 0 radical (unpaired) electrons. The third-order valence-electron chi connectivity index (χ3n) is 8.75. The number of benzene rings is 1. The Morgan fingerprint density at radius 1 is 0.679 bits per heavy atom. The van der Waals surface area contributed by atoms with Crippen molar-refractivity contribution in [3.63, 3.8) is 0 Å². The molecule has 2 unspecified atom stereocenters. The van der Waals surface area contributed by atoms with Gasteiger partial charge in [0.1, 0.15) is 30.2 Å². The van der Waals surface area contributed by atoms with Crippen LogP contribution in [0, 0.1) is 17.8 Å². The summed E-state index contributed by atoms with van der Waals surface area (Å²) in [6.45, 7) is 8.78.